The number of rotatable bonds is 6. The summed E-state index contributed by atoms with van der Waals surface area (Å²) < 4.78 is 3.24. The first kappa shape index (κ1) is 18.3. The Labute approximate surface area is 168 Å². The summed E-state index contributed by atoms with van der Waals surface area (Å²) in [5.74, 6) is 0.00349. The first-order chi connectivity index (χ1) is 13.2. The normalized spacial score (nSPS) is 14.3. The number of benzene rings is 1. The van der Waals surface area contributed by atoms with Crippen molar-refractivity contribution in [2.75, 3.05) is 6.54 Å². The highest BCUT2D eigenvalue weighted by Gasteiger charge is 2.16. The van der Waals surface area contributed by atoms with E-state index in [4.69, 9.17) is 11.6 Å². The van der Waals surface area contributed by atoms with E-state index in [1.54, 1.807) is 11.3 Å². The van der Waals surface area contributed by atoms with E-state index < -0.39 is 0 Å². The molecule has 0 saturated heterocycles. The van der Waals surface area contributed by atoms with Crippen LogP contribution in [-0.4, -0.2) is 17.0 Å². The highest BCUT2D eigenvalue weighted by Crippen LogP contribution is 2.27. The van der Waals surface area contributed by atoms with Gasteiger partial charge in [-0.25, -0.2) is 0 Å². The minimum atomic E-state index is 0.00349. The monoisotopic (exact) mass is 398 g/mol. The SMILES string of the molecule is O=C(NCCC1=CCCCC1)c1cc2sccc2n1Cc1ccc(Cl)cc1. The van der Waals surface area contributed by atoms with Crippen LogP contribution >= 0.6 is 22.9 Å². The van der Waals surface area contributed by atoms with E-state index in [-0.39, 0.29) is 5.91 Å². The summed E-state index contributed by atoms with van der Waals surface area (Å²) in [6.45, 7) is 1.36. The lowest BCUT2D eigenvalue weighted by Gasteiger charge is -2.14. The van der Waals surface area contributed by atoms with Gasteiger partial charge in [0, 0.05) is 18.1 Å². The Morgan fingerprint density at radius 1 is 1.19 bits per heavy atom. The van der Waals surface area contributed by atoms with Gasteiger partial charge in [-0.3, -0.25) is 4.79 Å². The van der Waals surface area contributed by atoms with Gasteiger partial charge >= 0.3 is 0 Å². The molecule has 140 valence electrons. The number of hydrogen-bond donors (Lipinski definition) is 1. The molecule has 1 aromatic carbocycles. The zero-order valence-electron chi connectivity index (χ0n) is 15.2. The topological polar surface area (TPSA) is 34.0 Å². The Balaban J connectivity index is 1.50. The number of nitrogens with zero attached hydrogens (tertiary/aromatic N) is 1. The van der Waals surface area contributed by atoms with Crippen molar-refractivity contribution in [1.82, 2.24) is 9.88 Å². The molecule has 2 heterocycles. The molecule has 1 aliphatic rings. The van der Waals surface area contributed by atoms with Crippen LogP contribution in [-0.2, 0) is 6.54 Å². The quantitative estimate of drug-likeness (QED) is 0.505. The first-order valence-corrected chi connectivity index (χ1v) is 10.7. The Morgan fingerprint density at radius 3 is 2.81 bits per heavy atom. The Kier molecular flexibility index (Phi) is 5.65. The van der Waals surface area contributed by atoms with Crippen molar-refractivity contribution < 1.29 is 4.79 Å². The zero-order valence-corrected chi connectivity index (χ0v) is 16.8. The van der Waals surface area contributed by atoms with Crippen molar-refractivity contribution in [3.63, 3.8) is 0 Å². The Hall–Kier alpha value is -2.04. The average molecular weight is 399 g/mol. The van der Waals surface area contributed by atoms with Gasteiger partial charge in [0.1, 0.15) is 5.69 Å². The highest BCUT2D eigenvalue weighted by atomic mass is 35.5. The molecule has 0 unspecified atom stereocenters. The van der Waals surface area contributed by atoms with Crippen molar-refractivity contribution in [3.05, 3.63) is 69.7 Å². The summed E-state index contributed by atoms with van der Waals surface area (Å²) in [6.07, 6.45) is 8.24. The highest BCUT2D eigenvalue weighted by molar-refractivity contribution is 7.17. The zero-order chi connectivity index (χ0) is 18.6. The Morgan fingerprint density at radius 2 is 2.04 bits per heavy atom. The molecule has 1 aliphatic carbocycles. The van der Waals surface area contributed by atoms with E-state index >= 15 is 0 Å². The molecule has 0 aliphatic heterocycles. The van der Waals surface area contributed by atoms with Gasteiger partial charge < -0.3 is 9.88 Å². The predicted molar refractivity (Wildman–Crippen MR) is 114 cm³/mol. The summed E-state index contributed by atoms with van der Waals surface area (Å²) in [4.78, 5) is 12.9. The predicted octanol–water partition coefficient (Wildman–Crippen LogP) is 6.02. The fourth-order valence-corrected chi connectivity index (χ4v) is 4.61. The molecular weight excluding hydrogens is 376 g/mol. The second kappa shape index (κ2) is 8.32. The van der Waals surface area contributed by atoms with Crippen LogP contribution in [0.4, 0.5) is 0 Å². The van der Waals surface area contributed by atoms with Crippen LogP contribution in [0.1, 0.15) is 48.2 Å². The third kappa shape index (κ3) is 4.28. The molecule has 4 rings (SSSR count). The van der Waals surface area contributed by atoms with Gasteiger partial charge in [0.05, 0.1) is 10.2 Å². The average Bonchev–Trinajstić information content (AvgIpc) is 3.27. The van der Waals surface area contributed by atoms with E-state index in [1.807, 2.05) is 30.3 Å². The number of thiophene rings is 1. The molecule has 0 spiro atoms. The molecular formula is C22H23ClN2OS. The largest absolute Gasteiger partial charge is 0.350 e. The van der Waals surface area contributed by atoms with Crippen molar-refractivity contribution in [2.45, 2.75) is 38.6 Å². The van der Waals surface area contributed by atoms with Gasteiger partial charge in [-0.2, -0.15) is 0 Å². The first-order valence-electron chi connectivity index (χ1n) is 9.48. The van der Waals surface area contributed by atoms with Gasteiger partial charge in [-0.1, -0.05) is 35.4 Å². The Bertz CT molecular complexity index is 968. The van der Waals surface area contributed by atoms with Crippen LogP contribution < -0.4 is 5.32 Å². The molecule has 0 bridgehead atoms. The maximum Gasteiger partial charge on any atom is 0.267 e. The molecule has 3 aromatic rings. The maximum atomic E-state index is 12.9. The van der Waals surface area contributed by atoms with Gasteiger partial charge in [0.15, 0.2) is 0 Å². The molecule has 0 radical (unpaired) electrons. The van der Waals surface area contributed by atoms with Gasteiger partial charge in [0.25, 0.3) is 5.91 Å². The molecule has 0 atom stereocenters. The minimum absolute atomic E-state index is 0.00349. The lowest BCUT2D eigenvalue weighted by Crippen LogP contribution is -2.27. The van der Waals surface area contributed by atoms with E-state index in [9.17, 15) is 4.79 Å². The van der Waals surface area contributed by atoms with Crippen molar-refractivity contribution in [3.8, 4) is 0 Å². The number of hydrogen-bond acceptors (Lipinski definition) is 2. The van der Waals surface area contributed by atoms with Crippen LogP contribution in [0.15, 0.2) is 53.4 Å². The molecule has 0 fully saturated rings. The lowest BCUT2D eigenvalue weighted by atomic mass is 9.97. The number of nitrogens with one attached hydrogen (secondary N) is 1. The van der Waals surface area contributed by atoms with Crippen LogP contribution in [0.2, 0.25) is 5.02 Å². The summed E-state index contributed by atoms with van der Waals surface area (Å²) in [5, 5.41) is 5.91. The number of aromatic nitrogens is 1. The van der Waals surface area contributed by atoms with Gasteiger partial charge in [-0.05, 0) is 67.3 Å². The van der Waals surface area contributed by atoms with Crippen molar-refractivity contribution >= 4 is 39.1 Å². The van der Waals surface area contributed by atoms with Crippen LogP contribution in [0.25, 0.3) is 10.2 Å². The number of carbonyl (C=O) groups excluding carboxylic acids is 1. The molecule has 1 N–H and O–H groups in total. The van der Waals surface area contributed by atoms with Crippen molar-refractivity contribution in [2.24, 2.45) is 0 Å². The number of halogens is 1. The second-order valence-electron chi connectivity index (χ2n) is 7.03. The maximum absolute atomic E-state index is 12.9. The third-order valence-corrected chi connectivity index (χ3v) is 6.23. The summed E-state index contributed by atoms with van der Waals surface area (Å²) in [6, 6.07) is 11.9. The van der Waals surface area contributed by atoms with Crippen LogP contribution in [0.3, 0.4) is 0 Å². The number of carbonyl (C=O) groups is 1. The fraction of sp³-hybridized carbons (Fsp3) is 0.318. The van der Waals surface area contributed by atoms with Gasteiger partial charge in [-0.15, -0.1) is 11.3 Å². The van der Waals surface area contributed by atoms with Crippen molar-refractivity contribution in [1.29, 1.82) is 0 Å². The van der Waals surface area contributed by atoms with E-state index in [1.165, 1.54) is 31.3 Å². The molecule has 1 amide bonds. The van der Waals surface area contributed by atoms with Gasteiger partial charge in [0.2, 0.25) is 0 Å². The molecule has 27 heavy (non-hydrogen) atoms. The molecule has 5 heteroatoms. The number of amides is 1. The van der Waals surface area contributed by atoms with Crippen LogP contribution in [0.5, 0.6) is 0 Å². The standard InChI is InChI=1S/C22H23ClN2OS/c23-18-8-6-17(7-9-18)15-25-19-11-13-27-21(19)14-20(25)22(26)24-12-10-16-4-2-1-3-5-16/h4,6-9,11,13-14H,1-3,5,10,12,15H2,(H,24,26). The molecule has 2 aromatic heterocycles. The van der Waals surface area contributed by atoms with Crippen LogP contribution in [0, 0.1) is 0 Å². The number of fused-ring (bicyclic) bond motifs is 1. The second-order valence-corrected chi connectivity index (χ2v) is 8.41. The van der Waals surface area contributed by atoms with E-state index in [0.717, 1.165) is 32.9 Å². The third-order valence-electron chi connectivity index (χ3n) is 5.13. The van der Waals surface area contributed by atoms with E-state index in [0.29, 0.717) is 13.1 Å². The smallest absolute Gasteiger partial charge is 0.267 e. The molecule has 0 saturated carbocycles. The summed E-state index contributed by atoms with van der Waals surface area (Å²) in [7, 11) is 0. The summed E-state index contributed by atoms with van der Waals surface area (Å²) in [5.41, 5.74) is 4.45. The fourth-order valence-electron chi connectivity index (χ4n) is 3.67. The minimum Gasteiger partial charge on any atom is -0.350 e. The summed E-state index contributed by atoms with van der Waals surface area (Å²) >= 11 is 7.67. The number of allylic oxidation sites excluding steroid dienone is 1. The lowest BCUT2D eigenvalue weighted by molar-refractivity contribution is 0.0945. The van der Waals surface area contributed by atoms with E-state index in [2.05, 4.69) is 27.4 Å². The molecule has 3 nitrogen and oxygen atoms in total.